The molecule has 5 rings (SSSR count). The number of benzene rings is 2. The van der Waals surface area contributed by atoms with Gasteiger partial charge in [-0.25, -0.2) is 4.79 Å². The van der Waals surface area contributed by atoms with Gasteiger partial charge in [-0.3, -0.25) is 9.59 Å². The molecule has 0 aliphatic carbocycles. The molecule has 2 aromatic carbocycles. The lowest BCUT2D eigenvalue weighted by atomic mass is 9.96. The van der Waals surface area contributed by atoms with Crippen molar-refractivity contribution in [1.82, 2.24) is 9.91 Å². The van der Waals surface area contributed by atoms with E-state index in [4.69, 9.17) is 14.2 Å². The van der Waals surface area contributed by atoms with E-state index in [1.807, 2.05) is 32.2 Å². The van der Waals surface area contributed by atoms with Crippen LogP contribution in [0.4, 0.5) is 15.3 Å². The highest BCUT2D eigenvalue weighted by atomic mass is 32.2. The molecule has 3 heterocycles. The third kappa shape index (κ3) is 5.66. The fourth-order valence-corrected chi connectivity index (χ4v) is 6.09. The number of ether oxygens (including phenoxy) is 3. The maximum absolute atomic E-state index is 13.5. The van der Waals surface area contributed by atoms with Crippen molar-refractivity contribution in [1.29, 1.82) is 0 Å². The number of aryl methyl sites for hydroxylation is 1. The number of methoxy groups -OCH3 is 2. The number of piperidine rings is 1. The van der Waals surface area contributed by atoms with Crippen molar-refractivity contribution >= 4 is 40.4 Å². The van der Waals surface area contributed by atoms with Gasteiger partial charge in [-0.1, -0.05) is 17.8 Å². The molecule has 40 heavy (non-hydrogen) atoms. The number of carbonyl (C=O) groups is 3. The molecule has 1 unspecified atom stereocenters. The first kappa shape index (κ1) is 28.0. The number of hydrogen-bond donors (Lipinski definition) is 0. The fourth-order valence-electron chi connectivity index (χ4n) is 5.28. The summed E-state index contributed by atoms with van der Waals surface area (Å²) in [6.45, 7) is 4.17. The molecule has 2 aromatic rings. The van der Waals surface area contributed by atoms with Crippen LogP contribution in [-0.2, 0) is 11.2 Å². The van der Waals surface area contributed by atoms with Crippen molar-refractivity contribution in [2.45, 2.75) is 44.0 Å². The fraction of sp³-hybridized carbons (Fsp3) is 0.448. The summed E-state index contributed by atoms with van der Waals surface area (Å²) in [6.07, 6.45) is 2.11. The molecule has 0 saturated carbocycles. The van der Waals surface area contributed by atoms with E-state index in [1.54, 1.807) is 37.3 Å². The maximum atomic E-state index is 13.5. The third-order valence-corrected chi connectivity index (χ3v) is 8.47. The average molecular weight is 567 g/mol. The van der Waals surface area contributed by atoms with Gasteiger partial charge in [0.2, 0.25) is 0 Å². The monoisotopic (exact) mass is 566 g/mol. The Kier molecular flexibility index (Phi) is 8.32. The summed E-state index contributed by atoms with van der Waals surface area (Å²) in [5.74, 6) is 0.934. The second kappa shape index (κ2) is 11.9. The summed E-state index contributed by atoms with van der Waals surface area (Å²) < 4.78 is 16.3. The predicted molar refractivity (Wildman–Crippen MR) is 154 cm³/mol. The largest absolute Gasteiger partial charge is 0.493 e. The van der Waals surface area contributed by atoms with Gasteiger partial charge in [0.15, 0.2) is 11.5 Å². The zero-order chi connectivity index (χ0) is 28.4. The van der Waals surface area contributed by atoms with E-state index < -0.39 is 11.3 Å². The summed E-state index contributed by atoms with van der Waals surface area (Å²) >= 11 is 1.05. The molecule has 10 nitrogen and oxygen atoms in total. The van der Waals surface area contributed by atoms with Crippen molar-refractivity contribution in [3.05, 3.63) is 53.1 Å². The Labute approximate surface area is 238 Å². The Hall–Kier alpha value is -3.57. The summed E-state index contributed by atoms with van der Waals surface area (Å²) in [5.41, 5.74) is 3.78. The smallest absolute Gasteiger partial charge is 0.438 e. The van der Waals surface area contributed by atoms with Gasteiger partial charge in [-0.15, -0.1) is 5.01 Å². The number of fused-ring (bicyclic) bond motifs is 1. The quantitative estimate of drug-likeness (QED) is 0.509. The molecule has 11 heteroatoms. The Balaban J connectivity index is 1.38. The number of nitrogens with zero attached hydrogens (tertiary/aromatic N) is 4. The highest BCUT2D eigenvalue weighted by Gasteiger charge is 2.35. The lowest BCUT2D eigenvalue weighted by Gasteiger charge is -2.32. The summed E-state index contributed by atoms with van der Waals surface area (Å²) in [7, 11) is 5.13. The molecule has 0 bridgehead atoms. The molecule has 0 spiro atoms. The SMILES string of the molecule is COc1ccc(C(=O)N2CCCc3cc(C4=NN(C(=O)OC5CCN(C)CC5)C(=O)SC4C)ccc32)cc1OC. The van der Waals surface area contributed by atoms with E-state index in [9.17, 15) is 14.4 Å². The topological polar surface area (TPSA) is 101 Å². The van der Waals surface area contributed by atoms with Gasteiger partial charge < -0.3 is 24.0 Å². The van der Waals surface area contributed by atoms with Crippen LogP contribution in [0.2, 0.25) is 0 Å². The molecule has 0 radical (unpaired) electrons. The van der Waals surface area contributed by atoms with Crippen LogP contribution in [0.1, 0.15) is 47.7 Å². The Morgan fingerprint density at radius 1 is 1.00 bits per heavy atom. The minimum Gasteiger partial charge on any atom is -0.493 e. The number of rotatable bonds is 5. The third-order valence-electron chi connectivity index (χ3n) is 7.52. The van der Waals surface area contributed by atoms with Gasteiger partial charge in [0.25, 0.3) is 5.91 Å². The molecule has 0 N–H and O–H groups in total. The lowest BCUT2D eigenvalue weighted by Crippen LogP contribution is -2.42. The van der Waals surface area contributed by atoms with Gasteiger partial charge in [0.1, 0.15) is 6.10 Å². The van der Waals surface area contributed by atoms with Crippen LogP contribution in [0.3, 0.4) is 0 Å². The minimum absolute atomic E-state index is 0.123. The zero-order valence-corrected chi connectivity index (χ0v) is 24.0. The summed E-state index contributed by atoms with van der Waals surface area (Å²) in [4.78, 5) is 43.1. The molecule has 212 valence electrons. The molecule has 0 aromatic heterocycles. The molecule has 3 amide bonds. The number of amides is 3. The van der Waals surface area contributed by atoms with Crippen LogP contribution in [0.5, 0.6) is 11.5 Å². The van der Waals surface area contributed by atoms with E-state index in [2.05, 4.69) is 10.0 Å². The first-order valence-electron chi connectivity index (χ1n) is 13.4. The van der Waals surface area contributed by atoms with E-state index in [0.29, 0.717) is 29.3 Å². The number of likely N-dealkylation sites (tertiary alicyclic amines) is 1. The first-order valence-corrected chi connectivity index (χ1v) is 14.3. The second-order valence-corrected chi connectivity index (χ2v) is 11.5. The van der Waals surface area contributed by atoms with Crippen molar-refractivity contribution in [2.75, 3.05) is 45.8 Å². The molecule has 3 aliphatic rings. The van der Waals surface area contributed by atoms with Crippen molar-refractivity contribution in [2.24, 2.45) is 5.10 Å². The molecule has 3 aliphatic heterocycles. The Bertz CT molecular complexity index is 1340. The number of hydrogen-bond acceptors (Lipinski definition) is 9. The van der Waals surface area contributed by atoms with Crippen LogP contribution in [0, 0.1) is 0 Å². The van der Waals surface area contributed by atoms with Crippen molar-refractivity contribution < 1.29 is 28.6 Å². The average Bonchev–Trinajstić information content (AvgIpc) is 2.97. The number of thioether (sulfide) groups is 1. The Morgan fingerprint density at radius 2 is 1.75 bits per heavy atom. The molecular weight excluding hydrogens is 532 g/mol. The molecule has 1 fully saturated rings. The summed E-state index contributed by atoms with van der Waals surface area (Å²) in [5, 5.41) is 4.63. The number of imide groups is 1. The van der Waals surface area contributed by atoms with E-state index >= 15 is 0 Å². The highest BCUT2D eigenvalue weighted by molar-refractivity contribution is 8.14. The zero-order valence-electron chi connectivity index (χ0n) is 23.2. The van der Waals surface area contributed by atoms with Crippen LogP contribution < -0.4 is 14.4 Å². The van der Waals surface area contributed by atoms with E-state index in [-0.39, 0.29) is 17.3 Å². The molecular formula is C29H34N4O6S. The van der Waals surface area contributed by atoms with Crippen molar-refractivity contribution in [3.63, 3.8) is 0 Å². The van der Waals surface area contributed by atoms with Gasteiger partial charge in [-0.2, -0.15) is 5.10 Å². The normalized spacial score (nSPS) is 20.1. The Morgan fingerprint density at radius 3 is 2.48 bits per heavy atom. The van der Waals surface area contributed by atoms with Crippen LogP contribution in [0.15, 0.2) is 41.5 Å². The highest BCUT2D eigenvalue weighted by Crippen LogP contribution is 2.34. The number of hydrazone groups is 1. The van der Waals surface area contributed by atoms with E-state index in [0.717, 1.165) is 72.4 Å². The lowest BCUT2D eigenvalue weighted by molar-refractivity contribution is 0.0413. The molecule has 1 atom stereocenters. The standard InChI is InChI=1S/C29H34N4O6S/c1-18-26(30-33(29(36)40-18)28(35)39-22-11-14-31(2)15-12-22)20-7-9-23-19(16-20)6-5-13-32(23)27(34)21-8-10-24(37-3)25(17-21)38-4/h7-10,16-18,22H,5-6,11-15H2,1-4H3. The minimum atomic E-state index is -0.735. The second-order valence-electron chi connectivity index (χ2n) is 10.2. The molecule has 1 saturated heterocycles. The van der Waals surface area contributed by atoms with Gasteiger partial charge in [0.05, 0.1) is 25.2 Å². The van der Waals surface area contributed by atoms with Crippen LogP contribution >= 0.6 is 11.8 Å². The van der Waals surface area contributed by atoms with Gasteiger partial charge in [0, 0.05) is 30.9 Å². The van der Waals surface area contributed by atoms with Gasteiger partial charge in [-0.05, 0) is 81.1 Å². The first-order chi connectivity index (χ1) is 19.3. The summed E-state index contributed by atoms with van der Waals surface area (Å²) in [6, 6.07) is 11.0. The number of carbonyl (C=O) groups excluding carboxylic acids is 3. The number of anilines is 1. The van der Waals surface area contributed by atoms with Crippen LogP contribution in [-0.4, -0.2) is 85.1 Å². The van der Waals surface area contributed by atoms with Crippen molar-refractivity contribution in [3.8, 4) is 11.5 Å². The van der Waals surface area contributed by atoms with Crippen LogP contribution in [0.25, 0.3) is 0 Å². The van der Waals surface area contributed by atoms with Gasteiger partial charge >= 0.3 is 11.3 Å². The predicted octanol–water partition coefficient (Wildman–Crippen LogP) is 4.79. The van der Waals surface area contributed by atoms with E-state index in [1.165, 1.54) is 0 Å². The maximum Gasteiger partial charge on any atom is 0.438 e.